The quantitative estimate of drug-likeness (QED) is 0.629. The highest BCUT2D eigenvalue weighted by atomic mass is 16.6. The fraction of sp³-hybridized carbons (Fsp3) is 0.200. The lowest BCUT2D eigenvalue weighted by Gasteiger charge is -2.12. The van der Waals surface area contributed by atoms with Crippen LogP contribution in [0.15, 0.2) is 28.1 Å². The van der Waals surface area contributed by atoms with Gasteiger partial charge in [0.15, 0.2) is 0 Å². The van der Waals surface area contributed by atoms with Crippen molar-refractivity contribution < 1.29 is 9.53 Å². The van der Waals surface area contributed by atoms with E-state index in [1.807, 2.05) is 0 Å². The fourth-order valence-corrected chi connectivity index (χ4v) is 1.95. The minimum Gasteiger partial charge on any atom is -0.449 e. The lowest BCUT2D eigenvalue weighted by Crippen LogP contribution is -2.35. The van der Waals surface area contributed by atoms with Crippen molar-refractivity contribution in [2.45, 2.75) is 13.8 Å². The van der Waals surface area contributed by atoms with Crippen LogP contribution in [0.5, 0.6) is 0 Å². The highest BCUT2D eigenvalue weighted by Crippen LogP contribution is 2.15. The third-order valence-corrected chi connectivity index (χ3v) is 3.02. The summed E-state index contributed by atoms with van der Waals surface area (Å²) in [6.07, 6.45) is -0.777. The molecule has 25 heavy (non-hydrogen) atoms. The van der Waals surface area contributed by atoms with E-state index in [0.29, 0.717) is 11.2 Å². The molecule has 1 heterocycles. The first-order chi connectivity index (χ1) is 12.0. The van der Waals surface area contributed by atoms with Crippen LogP contribution in [0.3, 0.4) is 0 Å². The van der Waals surface area contributed by atoms with Crippen LogP contribution in [-0.2, 0) is 4.74 Å². The molecule has 0 unspecified atom stereocenters. The van der Waals surface area contributed by atoms with Gasteiger partial charge in [0, 0.05) is 0 Å². The summed E-state index contributed by atoms with van der Waals surface area (Å²) in [4.78, 5) is 28.4. The highest BCUT2D eigenvalue weighted by molar-refractivity contribution is 6.10. The molecule has 1 aromatic carbocycles. The van der Waals surface area contributed by atoms with E-state index in [2.05, 4.69) is 20.9 Å². The molecule has 126 valence electrons. The van der Waals surface area contributed by atoms with Gasteiger partial charge in [-0.2, -0.15) is 20.3 Å². The zero-order valence-electron chi connectivity index (χ0n) is 13.4. The average molecular weight is 339 g/mol. The third-order valence-electron chi connectivity index (χ3n) is 3.02. The Balaban J connectivity index is 2.46. The summed E-state index contributed by atoms with van der Waals surface area (Å²) in [6.45, 7) is 3.37. The Hall–Kier alpha value is -3.92. The van der Waals surface area contributed by atoms with E-state index in [-0.39, 0.29) is 23.5 Å². The number of carbonyl (C=O) groups is 1. The standard InChI is InChI=1S/C15H13N7O3/c1-3-25-15(24)21-22-9(2)18-13-5-4-10(6-12(13)14(22)23)19-20-11(7-16)8-17/h4-6,19H,3H2,1-2H3,(H,21,24). The molecule has 2 aromatic rings. The van der Waals surface area contributed by atoms with Crippen molar-refractivity contribution in [1.29, 1.82) is 10.5 Å². The molecule has 10 heteroatoms. The van der Waals surface area contributed by atoms with Gasteiger partial charge in [0.2, 0.25) is 5.71 Å². The molecule has 2 N–H and O–H groups in total. The monoisotopic (exact) mass is 339 g/mol. The Morgan fingerprint density at radius 3 is 2.76 bits per heavy atom. The first kappa shape index (κ1) is 17.4. The maximum Gasteiger partial charge on any atom is 0.426 e. The fourth-order valence-electron chi connectivity index (χ4n) is 1.95. The van der Waals surface area contributed by atoms with Gasteiger partial charge in [-0.1, -0.05) is 0 Å². The molecule has 0 saturated carbocycles. The molecular formula is C15H13N7O3. The minimum absolute atomic E-state index is 0.160. The van der Waals surface area contributed by atoms with Crippen LogP contribution in [-0.4, -0.2) is 28.1 Å². The van der Waals surface area contributed by atoms with Crippen molar-refractivity contribution in [3.63, 3.8) is 0 Å². The molecule has 0 saturated heterocycles. The van der Waals surface area contributed by atoms with Crippen LogP contribution in [0.4, 0.5) is 10.5 Å². The topological polar surface area (TPSA) is 145 Å². The Morgan fingerprint density at radius 2 is 2.12 bits per heavy atom. The number of amides is 1. The van der Waals surface area contributed by atoms with Crippen LogP contribution < -0.4 is 16.4 Å². The van der Waals surface area contributed by atoms with Gasteiger partial charge in [-0.25, -0.2) is 15.2 Å². The number of nitrogens with zero attached hydrogens (tertiary/aromatic N) is 5. The number of nitrogens with one attached hydrogen (secondary N) is 2. The Kier molecular flexibility index (Phi) is 5.28. The van der Waals surface area contributed by atoms with Gasteiger partial charge in [-0.05, 0) is 32.0 Å². The van der Waals surface area contributed by atoms with Crippen LogP contribution in [0.25, 0.3) is 10.9 Å². The SMILES string of the molecule is CCOC(=O)Nn1c(C)nc2ccc(NN=C(C#N)C#N)cc2c1=O. The maximum atomic E-state index is 12.6. The van der Waals surface area contributed by atoms with E-state index in [1.54, 1.807) is 38.1 Å². The van der Waals surface area contributed by atoms with Crippen LogP contribution in [0.2, 0.25) is 0 Å². The lowest BCUT2D eigenvalue weighted by molar-refractivity contribution is 0.164. The van der Waals surface area contributed by atoms with E-state index < -0.39 is 11.7 Å². The van der Waals surface area contributed by atoms with Gasteiger partial charge >= 0.3 is 6.09 Å². The summed E-state index contributed by atoms with van der Waals surface area (Å²) < 4.78 is 5.73. The number of nitriles is 2. The molecule has 0 aliphatic carbocycles. The number of hydrazone groups is 1. The zero-order chi connectivity index (χ0) is 18.4. The highest BCUT2D eigenvalue weighted by Gasteiger charge is 2.11. The van der Waals surface area contributed by atoms with Gasteiger partial charge in [0.25, 0.3) is 5.56 Å². The number of hydrogen-bond acceptors (Lipinski definition) is 8. The molecule has 0 aliphatic heterocycles. The molecular weight excluding hydrogens is 326 g/mol. The predicted octanol–water partition coefficient (Wildman–Crippen LogP) is 1.22. The smallest absolute Gasteiger partial charge is 0.426 e. The second-order valence-corrected chi connectivity index (χ2v) is 4.66. The van der Waals surface area contributed by atoms with Gasteiger partial charge < -0.3 is 4.74 Å². The predicted molar refractivity (Wildman–Crippen MR) is 89.4 cm³/mol. The van der Waals surface area contributed by atoms with E-state index in [1.165, 1.54) is 6.07 Å². The van der Waals surface area contributed by atoms with Crippen molar-refractivity contribution in [2.24, 2.45) is 5.10 Å². The molecule has 0 aliphatic rings. The number of anilines is 1. The second-order valence-electron chi connectivity index (χ2n) is 4.66. The zero-order valence-corrected chi connectivity index (χ0v) is 13.4. The van der Waals surface area contributed by atoms with Crippen molar-refractivity contribution in [2.75, 3.05) is 17.5 Å². The molecule has 0 radical (unpaired) electrons. The number of hydrogen-bond donors (Lipinski definition) is 2. The van der Waals surface area contributed by atoms with Crippen molar-refractivity contribution >= 4 is 28.4 Å². The Bertz CT molecular complexity index is 979. The van der Waals surface area contributed by atoms with Crippen LogP contribution >= 0.6 is 0 Å². The van der Waals surface area contributed by atoms with E-state index in [0.717, 1.165) is 4.68 Å². The summed E-state index contributed by atoms with van der Waals surface area (Å²) in [5, 5.41) is 21.1. The minimum atomic E-state index is -0.777. The number of fused-ring (bicyclic) bond motifs is 1. The number of aryl methyl sites for hydroxylation is 1. The first-order valence-electron chi connectivity index (χ1n) is 7.11. The normalized spacial score (nSPS) is 9.60. The van der Waals surface area contributed by atoms with Crippen LogP contribution in [0, 0.1) is 29.6 Å². The summed E-state index contributed by atoms with van der Waals surface area (Å²) in [7, 11) is 0. The molecule has 0 bridgehead atoms. The van der Waals surface area contributed by atoms with Gasteiger partial charge in [0.05, 0.1) is 23.2 Å². The molecule has 0 spiro atoms. The maximum absolute atomic E-state index is 12.6. The molecule has 10 nitrogen and oxygen atoms in total. The first-order valence-corrected chi connectivity index (χ1v) is 7.11. The number of carbonyl (C=O) groups excluding carboxylic acids is 1. The number of ether oxygens (including phenoxy) is 1. The van der Waals surface area contributed by atoms with Crippen molar-refractivity contribution in [3.8, 4) is 12.1 Å². The van der Waals surface area contributed by atoms with Gasteiger partial charge in [0.1, 0.15) is 18.0 Å². The van der Waals surface area contributed by atoms with Crippen molar-refractivity contribution in [3.05, 3.63) is 34.4 Å². The molecule has 0 fully saturated rings. The van der Waals surface area contributed by atoms with E-state index >= 15 is 0 Å². The summed E-state index contributed by atoms with van der Waals surface area (Å²) in [6, 6.07) is 7.83. The molecule has 2 rings (SSSR count). The third kappa shape index (κ3) is 3.89. The Labute approximate surface area is 141 Å². The van der Waals surface area contributed by atoms with Gasteiger partial charge in [-0.3, -0.25) is 10.2 Å². The molecule has 1 amide bonds. The second kappa shape index (κ2) is 7.57. The van der Waals surface area contributed by atoms with Gasteiger partial charge in [-0.15, -0.1) is 0 Å². The van der Waals surface area contributed by atoms with Crippen LogP contribution in [0.1, 0.15) is 12.7 Å². The molecule has 0 atom stereocenters. The number of benzene rings is 1. The largest absolute Gasteiger partial charge is 0.449 e. The molecule has 1 aromatic heterocycles. The number of aromatic nitrogens is 2. The van der Waals surface area contributed by atoms with E-state index in [4.69, 9.17) is 15.3 Å². The summed E-state index contributed by atoms with van der Waals surface area (Å²) in [5.74, 6) is 0.278. The Morgan fingerprint density at radius 1 is 1.40 bits per heavy atom. The summed E-state index contributed by atoms with van der Waals surface area (Å²) >= 11 is 0. The summed E-state index contributed by atoms with van der Waals surface area (Å²) in [5.41, 5.74) is 4.75. The average Bonchev–Trinajstić information content (AvgIpc) is 2.60. The lowest BCUT2D eigenvalue weighted by atomic mass is 10.2. The van der Waals surface area contributed by atoms with Crippen molar-refractivity contribution in [1.82, 2.24) is 9.66 Å². The van der Waals surface area contributed by atoms with E-state index in [9.17, 15) is 9.59 Å². The number of rotatable bonds is 4.